The zero-order valence-corrected chi connectivity index (χ0v) is 13.8. The highest BCUT2D eigenvalue weighted by molar-refractivity contribution is 5.94. The lowest BCUT2D eigenvalue weighted by molar-refractivity contribution is -0.135. The molecule has 3 rings (SSSR count). The molecule has 1 aromatic rings. The molecule has 0 aromatic heterocycles. The molecule has 2 fully saturated rings. The van der Waals surface area contributed by atoms with Crippen LogP contribution in [0.2, 0.25) is 0 Å². The Morgan fingerprint density at radius 3 is 2.57 bits per heavy atom. The van der Waals surface area contributed by atoms with Gasteiger partial charge in [-0.25, -0.2) is 0 Å². The summed E-state index contributed by atoms with van der Waals surface area (Å²) in [6.45, 7) is 2.91. The quantitative estimate of drug-likeness (QED) is 0.925. The van der Waals surface area contributed by atoms with Gasteiger partial charge >= 0.3 is 0 Å². The van der Waals surface area contributed by atoms with Crippen molar-refractivity contribution in [1.29, 1.82) is 0 Å². The van der Waals surface area contributed by atoms with E-state index in [1.807, 2.05) is 30.3 Å². The second-order valence-corrected chi connectivity index (χ2v) is 6.98. The summed E-state index contributed by atoms with van der Waals surface area (Å²) in [5, 5.41) is 2.89. The van der Waals surface area contributed by atoms with Crippen molar-refractivity contribution in [3.8, 4) is 0 Å². The van der Waals surface area contributed by atoms with Crippen LogP contribution >= 0.6 is 0 Å². The number of likely N-dealkylation sites (tertiary alicyclic amines) is 1. The van der Waals surface area contributed by atoms with E-state index in [9.17, 15) is 9.59 Å². The minimum Gasteiger partial charge on any atom is -0.339 e. The molecule has 1 aromatic carbocycles. The molecule has 0 bridgehead atoms. The van der Waals surface area contributed by atoms with Gasteiger partial charge in [-0.15, -0.1) is 0 Å². The molecule has 2 atom stereocenters. The van der Waals surface area contributed by atoms with Gasteiger partial charge in [-0.1, -0.05) is 44.4 Å². The van der Waals surface area contributed by atoms with Crippen LogP contribution in [0.4, 0.5) is 5.69 Å². The maximum Gasteiger partial charge on any atom is 0.226 e. The van der Waals surface area contributed by atoms with Gasteiger partial charge in [0.05, 0.1) is 5.92 Å². The summed E-state index contributed by atoms with van der Waals surface area (Å²) in [4.78, 5) is 27.1. The number of nitrogens with zero attached hydrogens (tertiary/aromatic N) is 1. The average molecular weight is 314 g/mol. The fourth-order valence-electron chi connectivity index (χ4n) is 3.93. The van der Waals surface area contributed by atoms with Crippen molar-refractivity contribution in [2.24, 2.45) is 11.8 Å². The van der Waals surface area contributed by atoms with E-state index in [4.69, 9.17) is 0 Å². The van der Waals surface area contributed by atoms with E-state index in [1.165, 1.54) is 19.3 Å². The van der Waals surface area contributed by atoms with E-state index in [2.05, 4.69) is 17.1 Å². The highest BCUT2D eigenvalue weighted by Crippen LogP contribution is 2.33. The molecule has 1 saturated heterocycles. The standard InChI is InChI=1S/C19H26N2O2/c1-14-13-21(16-10-6-3-7-11-16)19(23)17(14)12-18(22)20-15-8-4-2-5-9-15/h2,4-5,8-9,14,16-17H,3,6-7,10-13H2,1H3,(H,20,22)/t14-,17-/m0/s1. The smallest absolute Gasteiger partial charge is 0.226 e. The molecule has 4 nitrogen and oxygen atoms in total. The summed E-state index contributed by atoms with van der Waals surface area (Å²) >= 11 is 0. The number of benzene rings is 1. The molecule has 2 amide bonds. The molecule has 124 valence electrons. The molecule has 1 heterocycles. The molecular weight excluding hydrogens is 288 g/mol. The number of nitrogens with one attached hydrogen (secondary N) is 1. The summed E-state index contributed by atoms with van der Waals surface area (Å²) in [5.41, 5.74) is 0.791. The van der Waals surface area contributed by atoms with Gasteiger partial charge in [0.2, 0.25) is 11.8 Å². The molecule has 0 spiro atoms. The monoisotopic (exact) mass is 314 g/mol. The highest BCUT2D eigenvalue weighted by Gasteiger charge is 2.41. The predicted octanol–water partition coefficient (Wildman–Crippen LogP) is 3.44. The molecule has 4 heteroatoms. The van der Waals surface area contributed by atoms with Crippen molar-refractivity contribution in [2.75, 3.05) is 11.9 Å². The maximum absolute atomic E-state index is 12.7. The number of hydrogen-bond donors (Lipinski definition) is 1. The number of hydrogen-bond acceptors (Lipinski definition) is 2. The summed E-state index contributed by atoms with van der Waals surface area (Å²) in [5.74, 6) is 0.214. The molecule has 0 radical (unpaired) electrons. The van der Waals surface area contributed by atoms with E-state index >= 15 is 0 Å². The number of rotatable bonds is 4. The summed E-state index contributed by atoms with van der Waals surface area (Å²) in [7, 11) is 0. The van der Waals surface area contributed by atoms with Crippen LogP contribution < -0.4 is 5.32 Å². The summed E-state index contributed by atoms with van der Waals surface area (Å²) in [6, 6.07) is 9.84. The lowest BCUT2D eigenvalue weighted by Crippen LogP contribution is -2.39. The molecule has 1 aliphatic carbocycles. The molecule has 23 heavy (non-hydrogen) atoms. The van der Waals surface area contributed by atoms with Crippen LogP contribution in [0, 0.1) is 11.8 Å². The highest BCUT2D eigenvalue weighted by atomic mass is 16.2. The van der Waals surface area contributed by atoms with Crippen LogP contribution in [0.15, 0.2) is 30.3 Å². The first-order chi connectivity index (χ1) is 11.1. The summed E-state index contributed by atoms with van der Waals surface area (Å²) in [6.07, 6.45) is 6.28. The maximum atomic E-state index is 12.7. The minimum absolute atomic E-state index is 0.0631. The third kappa shape index (κ3) is 3.74. The second-order valence-electron chi connectivity index (χ2n) is 6.98. The fourth-order valence-corrected chi connectivity index (χ4v) is 3.93. The van der Waals surface area contributed by atoms with Crippen LogP contribution in [0.25, 0.3) is 0 Å². The van der Waals surface area contributed by atoms with E-state index in [1.54, 1.807) is 0 Å². The second kappa shape index (κ2) is 7.16. The van der Waals surface area contributed by atoms with Gasteiger partial charge in [-0.05, 0) is 30.9 Å². The first-order valence-electron chi connectivity index (χ1n) is 8.80. The number of amides is 2. The van der Waals surface area contributed by atoms with E-state index in [-0.39, 0.29) is 30.1 Å². The van der Waals surface area contributed by atoms with Crippen molar-refractivity contribution in [3.05, 3.63) is 30.3 Å². The van der Waals surface area contributed by atoms with Crippen molar-refractivity contribution in [1.82, 2.24) is 4.90 Å². The number of carbonyl (C=O) groups excluding carboxylic acids is 2. The lowest BCUT2D eigenvalue weighted by Gasteiger charge is -2.31. The molecule has 1 saturated carbocycles. The third-order valence-corrected chi connectivity index (χ3v) is 5.25. The Labute approximate surface area is 138 Å². The van der Waals surface area contributed by atoms with Crippen molar-refractivity contribution < 1.29 is 9.59 Å². The third-order valence-electron chi connectivity index (χ3n) is 5.25. The zero-order chi connectivity index (χ0) is 16.2. The number of carbonyl (C=O) groups is 2. The topological polar surface area (TPSA) is 49.4 Å². The molecular formula is C19H26N2O2. The van der Waals surface area contributed by atoms with Gasteiger partial charge in [0.1, 0.15) is 0 Å². The Morgan fingerprint density at radius 1 is 1.17 bits per heavy atom. The van der Waals surface area contributed by atoms with E-state index in [0.717, 1.165) is 25.1 Å². The van der Waals surface area contributed by atoms with Crippen LogP contribution in [-0.2, 0) is 9.59 Å². The van der Waals surface area contributed by atoms with Gasteiger partial charge in [0.15, 0.2) is 0 Å². The first-order valence-corrected chi connectivity index (χ1v) is 8.80. The molecule has 2 aliphatic rings. The van der Waals surface area contributed by atoms with Gasteiger partial charge in [0, 0.05) is 24.7 Å². The normalized spacial score (nSPS) is 25.6. The Balaban J connectivity index is 1.59. The Hall–Kier alpha value is -1.84. The Kier molecular flexibility index (Phi) is 4.99. The van der Waals surface area contributed by atoms with E-state index < -0.39 is 0 Å². The first kappa shape index (κ1) is 16.0. The number of anilines is 1. The summed E-state index contributed by atoms with van der Waals surface area (Å²) < 4.78 is 0. The van der Waals surface area contributed by atoms with Gasteiger partial charge < -0.3 is 10.2 Å². The Morgan fingerprint density at radius 2 is 1.87 bits per heavy atom. The fraction of sp³-hybridized carbons (Fsp3) is 0.579. The Bertz CT molecular complexity index is 552. The SMILES string of the molecule is C[C@H]1CN(C2CCCCC2)C(=O)[C@H]1CC(=O)Nc1ccccc1. The molecule has 1 N–H and O–H groups in total. The van der Waals surface area contributed by atoms with Gasteiger partial charge in [-0.3, -0.25) is 9.59 Å². The van der Waals surface area contributed by atoms with E-state index in [0.29, 0.717) is 6.04 Å². The van der Waals surface area contributed by atoms with Crippen LogP contribution in [0.5, 0.6) is 0 Å². The van der Waals surface area contributed by atoms with Crippen LogP contribution in [-0.4, -0.2) is 29.3 Å². The lowest BCUT2D eigenvalue weighted by atomic mass is 9.93. The van der Waals surface area contributed by atoms with Crippen LogP contribution in [0.3, 0.4) is 0 Å². The average Bonchev–Trinajstić information content (AvgIpc) is 2.85. The zero-order valence-electron chi connectivity index (χ0n) is 13.8. The largest absolute Gasteiger partial charge is 0.339 e. The minimum atomic E-state index is -0.166. The molecule has 0 unspecified atom stereocenters. The predicted molar refractivity (Wildman–Crippen MR) is 90.9 cm³/mol. The van der Waals surface area contributed by atoms with Crippen molar-refractivity contribution in [2.45, 2.75) is 51.5 Å². The number of para-hydroxylation sites is 1. The van der Waals surface area contributed by atoms with Crippen LogP contribution in [0.1, 0.15) is 45.4 Å². The molecule has 1 aliphatic heterocycles. The van der Waals surface area contributed by atoms with Gasteiger partial charge in [-0.2, -0.15) is 0 Å². The van der Waals surface area contributed by atoms with Crippen molar-refractivity contribution in [3.63, 3.8) is 0 Å². The van der Waals surface area contributed by atoms with Crippen molar-refractivity contribution >= 4 is 17.5 Å². The van der Waals surface area contributed by atoms with Gasteiger partial charge in [0.25, 0.3) is 0 Å².